The zero-order chi connectivity index (χ0) is 14.3. The van der Waals surface area contributed by atoms with Crippen LogP contribution in [0, 0.1) is 0 Å². The summed E-state index contributed by atoms with van der Waals surface area (Å²) in [5, 5.41) is 11.0. The Bertz CT molecular complexity index is 247. The normalized spacial score (nSPS) is 9.85. The second-order valence-electron chi connectivity index (χ2n) is 5.07. The molecule has 0 aliphatic heterocycles. The van der Waals surface area contributed by atoms with Gasteiger partial charge in [0.05, 0.1) is 6.42 Å². The van der Waals surface area contributed by atoms with Crippen LogP contribution in [0.4, 0.5) is 0 Å². The van der Waals surface area contributed by atoms with Crippen molar-refractivity contribution in [3.05, 3.63) is 0 Å². The molecule has 5 heteroatoms. The van der Waals surface area contributed by atoms with Crippen molar-refractivity contribution < 1.29 is 14.7 Å². The van der Waals surface area contributed by atoms with Crippen LogP contribution in [0.1, 0.15) is 77.6 Å². The molecule has 0 rings (SSSR count). The first-order valence-electron chi connectivity index (χ1n) is 7.65. The average Bonchev–Trinajstić information content (AvgIpc) is 2.36. The van der Waals surface area contributed by atoms with E-state index in [1.165, 1.54) is 44.9 Å². The van der Waals surface area contributed by atoms with E-state index in [0.717, 1.165) is 12.8 Å². The van der Waals surface area contributed by atoms with Crippen LogP contribution in [0.2, 0.25) is 0 Å². The molecule has 20 heavy (non-hydrogen) atoms. The first-order valence-corrected chi connectivity index (χ1v) is 7.65. The van der Waals surface area contributed by atoms with Gasteiger partial charge in [0.2, 0.25) is 5.91 Å². The number of carbonyl (C=O) groups excluding carboxylic acids is 1. The largest absolute Gasteiger partial charge is 0.481 e. The van der Waals surface area contributed by atoms with Gasteiger partial charge in [-0.05, 0) is 6.42 Å². The van der Waals surface area contributed by atoms with E-state index in [4.69, 9.17) is 5.11 Å². The van der Waals surface area contributed by atoms with Crippen molar-refractivity contribution in [3.8, 4) is 0 Å². The van der Waals surface area contributed by atoms with Gasteiger partial charge in [-0.2, -0.15) is 0 Å². The predicted molar refractivity (Wildman–Crippen MR) is 82.9 cm³/mol. The Kier molecular flexibility index (Phi) is 19.4. The summed E-state index contributed by atoms with van der Waals surface area (Å²) in [6.45, 7) is 2.47. The molecule has 2 radical (unpaired) electrons. The maximum Gasteiger partial charge on any atom is 0.305 e. The molecule has 0 spiro atoms. The minimum atomic E-state index is -0.872. The van der Waals surface area contributed by atoms with Crippen LogP contribution < -0.4 is 5.32 Å². The second-order valence-corrected chi connectivity index (χ2v) is 5.07. The fraction of sp³-hybridized carbons (Fsp3) is 0.867. The zero-order valence-electron chi connectivity index (χ0n) is 13.0. The third kappa shape index (κ3) is 18.2. The van der Waals surface area contributed by atoms with Crippen molar-refractivity contribution in [2.45, 2.75) is 77.6 Å². The van der Waals surface area contributed by atoms with E-state index < -0.39 is 5.97 Å². The van der Waals surface area contributed by atoms with Gasteiger partial charge in [-0.15, -0.1) is 0 Å². The zero-order valence-corrected chi connectivity index (χ0v) is 15.2. The summed E-state index contributed by atoms with van der Waals surface area (Å²) in [7, 11) is 0. The van der Waals surface area contributed by atoms with Crippen molar-refractivity contribution in [1.82, 2.24) is 5.32 Å². The Morgan fingerprint density at radius 3 is 1.85 bits per heavy atom. The first kappa shape index (κ1) is 22.5. The van der Waals surface area contributed by atoms with Crippen LogP contribution in [-0.2, 0) is 9.59 Å². The number of unbranched alkanes of at least 4 members (excludes halogenated alkanes) is 8. The van der Waals surface area contributed by atoms with Crippen LogP contribution in [0.5, 0.6) is 0 Å². The summed E-state index contributed by atoms with van der Waals surface area (Å²) >= 11 is 0. The number of rotatable bonds is 13. The third-order valence-corrected chi connectivity index (χ3v) is 3.17. The summed E-state index contributed by atoms with van der Waals surface area (Å²) in [6, 6.07) is 0. The van der Waals surface area contributed by atoms with E-state index in [9.17, 15) is 9.59 Å². The molecule has 0 bridgehead atoms. The standard InChI is InChI=1S/C15H29NO3.Ca/c1-2-3-4-5-6-7-8-9-10-11-14(17)16-13-12-15(18)19;/h2-13H2,1H3,(H,16,17)(H,18,19);. The van der Waals surface area contributed by atoms with Gasteiger partial charge in [0, 0.05) is 50.7 Å². The van der Waals surface area contributed by atoms with Crippen LogP contribution in [0.3, 0.4) is 0 Å². The van der Waals surface area contributed by atoms with Gasteiger partial charge in [-0.1, -0.05) is 58.3 Å². The summed E-state index contributed by atoms with van der Waals surface area (Å²) in [5.41, 5.74) is 0. The molecule has 0 aliphatic rings. The topological polar surface area (TPSA) is 66.4 Å². The van der Waals surface area contributed by atoms with Crippen molar-refractivity contribution >= 4 is 49.6 Å². The fourth-order valence-corrected chi connectivity index (χ4v) is 1.99. The molecule has 0 heterocycles. The minimum absolute atomic E-state index is 0. The van der Waals surface area contributed by atoms with Crippen molar-refractivity contribution in [3.63, 3.8) is 0 Å². The Balaban J connectivity index is 0. The van der Waals surface area contributed by atoms with Crippen LogP contribution >= 0.6 is 0 Å². The summed E-state index contributed by atoms with van der Waals surface area (Å²) in [6.07, 6.45) is 11.6. The van der Waals surface area contributed by atoms with Gasteiger partial charge in [0.25, 0.3) is 0 Å². The summed E-state index contributed by atoms with van der Waals surface area (Å²) in [4.78, 5) is 21.6. The molecule has 0 saturated carbocycles. The smallest absolute Gasteiger partial charge is 0.305 e. The minimum Gasteiger partial charge on any atom is -0.481 e. The Hall–Kier alpha value is 0.200. The Morgan fingerprint density at radius 2 is 1.35 bits per heavy atom. The Labute approximate surface area is 153 Å². The van der Waals surface area contributed by atoms with Crippen LogP contribution in [0.25, 0.3) is 0 Å². The van der Waals surface area contributed by atoms with Crippen molar-refractivity contribution in [2.75, 3.05) is 6.54 Å². The number of carboxylic acids is 1. The number of aliphatic carboxylic acids is 1. The molecule has 0 unspecified atom stereocenters. The summed E-state index contributed by atoms with van der Waals surface area (Å²) < 4.78 is 0. The number of carboxylic acid groups (broad SMARTS) is 1. The molecule has 0 atom stereocenters. The molecule has 0 aromatic heterocycles. The number of carbonyl (C=O) groups is 2. The monoisotopic (exact) mass is 311 g/mol. The van der Waals surface area contributed by atoms with E-state index in [1.54, 1.807) is 0 Å². The van der Waals surface area contributed by atoms with Gasteiger partial charge in [-0.3, -0.25) is 9.59 Å². The average molecular weight is 311 g/mol. The van der Waals surface area contributed by atoms with Crippen molar-refractivity contribution in [1.29, 1.82) is 0 Å². The van der Waals surface area contributed by atoms with Gasteiger partial charge in [0.15, 0.2) is 0 Å². The first-order chi connectivity index (χ1) is 9.16. The number of hydrogen-bond donors (Lipinski definition) is 2. The van der Waals surface area contributed by atoms with E-state index >= 15 is 0 Å². The molecule has 1 amide bonds. The van der Waals surface area contributed by atoms with E-state index in [2.05, 4.69) is 12.2 Å². The third-order valence-electron chi connectivity index (χ3n) is 3.17. The molecule has 0 fully saturated rings. The second kappa shape index (κ2) is 17.3. The molecular formula is C15H29CaNO3. The number of nitrogens with one attached hydrogen (secondary N) is 1. The molecule has 0 aromatic carbocycles. The predicted octanol–water partition coefficient (Wildman–Crippen LogP) is 3.12. The van der Waals surface area contributed by atoms with Gasteiger partial charge in [0.1, 0.15) is 0 Å². The van der Waals surface area contributed by atoms with Crippen LogP contribution in [-0.4, -0.2) is 61.3 Å². The van der Waals surface area contributed by atoms with Gasteiger partial charge in [-0.25, -0.2) is 0 Å². The van der Waals surface area contributed by atoms with E-state index in [0.29, 0.717) is 6.42 Å². The number of amides is 1. The maximum absolute atomic E-state index is 11.3. The van der Waals surface area contributed by atoms with E-state index in [-0.39, 0.29) is 56.6 Å². The van der Waals surface area contributed by atoms with Crippen LogP contribution in [0.15, 0.2) is 0 Å². The van der Waals surface area contributed by atoms with Crippen molar-refractivity contribution in [2.24, 2.45) is 0 Å². The Morgan fingerprint density at radius 1 is 0.850 bits per heavy atom. The van der Waals surface area contributed by atoms with E-state index in [1.807, 2.05) is 0 Å². The summed E-state index contributed by atoms with van der Waals surface area (Å²) in [5.74, 6) is -0.896. The maximum atomic E-state index is 11.3. The quantitative estimate of drug-likeness (QED) is 0.406. The molecule has 4 nitrogen and oxygen atoms in total. The SMILES string of the molecule is CCCCCCCCCCCC(=O)NCCC(=O)O.[Ca]. The van der Waals surface area contributed by atoms with Gasteiger partial charge < -0.3 is 10.4 Å². The molecule has 0 aromatic rings. The fourth-order valence-electron chi connectivity index (χ4n) is 1.99. The number of hydrogen-bond acceptors (Lipinski definition) is 2. The molecule has 114 valence electrons. The molecule has 2 N–H and O–H groups in total. The molecular weight excluding hydrogens is 282 g/mol. The molecule has 0 saturated heterocycles. The van der Waals surface area contributed by atoms with Gasteiger partial charge >= 0.3 is 5.97 Å². The molecule has 0 aliphatic carbocycles.